The van der Waals surface area contributed by atoms with E-state index in [1.54, 1.807) is 0 Å². The molecular weight excluding hydrogens is 262 g/mol. The number of rotatable bonds is 2. The van der Waals surface area contributed by atoms with Gasteiger partial charge in [-0.15, -0.1) is 0 Å². The van der Waals surface area contributed by atoms with Gasteiger partial charge in [0.15, 0.2) is 0 Å². The van der Waals surface area contributed by atoms with Crippen molar-refractivity contribution in [3.63, 3.8) is 0 Å². The monoisotopic (exact) mass is 279 g/mol. The minimum atomic E-state index is 0.482. The Morgan fingerprint density at radius 2 is 2.10 bits per heavy atom. The van der Waals surface area contributed by atoms with Gasteiger partial charge in [0.1, 0.15) is 17.1 Å². The second-order valence-electron chi connectivity index (χ2n) is 5.53. The third-order valence-corrected chi connectivity index (χ3v) is 4.11. The molecule has 1 aliphatic rings. The zero-order valence-electron chi connectivity index (χ0n) is 12.0. The van der Waals surface area contributed by atoms with Crippen molar-refractivity contribution in [1.29, 1.82) is 0 Å². The Labute approximate surface area is 123 Å². The van der Waals surface area contributed by atoms with Crippen molar-refractivity contribution in [1.82, 2.24) is 0 Å². The highest BCUT2D eigenvalue weighted by atomic mass is 16.5. The van der Waals surface area contributed by atoms with Crippen LogP contribution >= 0.6 is 0 Å². The van der Waals surface area contributed by atoms with Crippen LogP contribution in [0.1, 0.15) is 16.7 Å². The first kappa shape index (κ1) is 12.5. The number of benzene rings is 2. The van der Waals surface area contributed by atoms with Crippen LogP contribution in [0.4, 0.5) is 0 Å². The number of aryl methyl sites for hydroxylation is 1. The third kappa shape index (κ3) is 1.93. The normalized spacial score (nSPS) is 13.4. The van der Waals surface area contributed by atoms with E-state index in [4.69, 9.17) is 14.9 Å². The molecule has 0 fully saturated rings. The summed E-state index contributed by atoms with van der Waals surface area (Å²) < 4.78 is 11.7. The van der Waals surface area contributed by atoms with Gasteiger partial charge in [-0.2, -0.15) is 0 Å². The van der Waals surface area contributed by atoms with Gasteiger partial charge in [-0.25, -0.2) is 0 Å². The topological polar surface area (TPSA) is 48.4 Å². The van der Waals surface area contributed by atoms with Crippen LogP contribution in [-0.2, 0) is 13.0 Å². The highest BCUT2D eigenvalue weighted by molar-refractivity contribution is 5.85. The van der Waals surface area contributed by atoms with Gasteiger partial charge in [-0.05, 0) is 36.2 Å². The van der Waals surface area contributed by atoms with Gasteiger partial charge >= 0.3 is 0 Å². The molecule has 1 aromatic heterocycles. The molecular formula is C18H17NO2. The van der Waals surface area contributed by atoms with Crippen LogP contribution in [-0.4, -0.2) is 6.61 Å². The number of nitrogens with two attached hydrogens (primary N) is 1. The molecule has 3 aromatic rings. The molecule has 0 saturated carbocycles. The van der Waals surface area contributed by atoms with Gasteiger partial charge in [-0.1, -0.05) is 18.2 Å². The second-order valence-corrected chi connectivity index (χ2v) is 5.53. The van der Waals surface area contributed by atoms with E-state index in [1.165, 1.54) is 5.56 Å². The maximum atomic E-state index is 6.06. The first-order valence-corrected chi connectivity index (χ1v) is 7.24. The fourth-order valence-electron chi connectivity index (χ4n) is 3.03. The summed E-state index contributed by atoms with van der Waals surface area (Å²) in [4.78, 5) is 0. The molecule has 21 heavy (non-hydrogen) atoms. The zero-order valence-corrected chi connectivity index (χ0v) is 12.0. The molecule has 4 rings (SSSR count). The standard InChI is InChI=1S/C18H17NO2/c1-11-3-2-4-12-9-16(21-17(11)12)14-7-13-5-6-20-18(13)15(8-14)10-19/h2-4,7-9H,5-6,10,19H2,1H3. The molecule has 106 valence electrons. The Morgan fingerprint density at radius 3 is 2.90 bits per heavy atom. The van der Waals surface area contributed by atoms with Crippen molar-refractivity contribution in [2.45, 2.75) is 19.9 Å². The van der Waals surface area contributed by atoms with Gasteiger partial charge < -0.3 is 14.9 Å². The first-order valence-electron chi connectivity index (χ1n) is 7.24. The van der Waals surface area contributed by atoms with Crippen molar-refractivity contribution in [2.75, 3.05) is 6.61 Å². The minimum absolute atomic E-state index is 0.482. The Balaban J connectivity index is 1.90. The summed E-state index contributed by atoms with van der Waals surface area (Å²) in [6.45, 7) is 3.29. The number of para-hydroxylation sites is 1. The number of hydrogen-bond donors (Lipinski definition) is 1. The molecule has 0 atom stereocenters. The van der Waals surface area contributed by atoms with Gasteiger partial charge in [-0.3, -0.25) is 0 Å². The molecule has 0 aliphatic carbocycles. The molecule has 2 N–H and O–H groups in total. The van der Waals surface area contributed by atoms with E-state index in [0.717, 1.165) is 52.2 Å². The zero-order chi connectivity index (χ0) is 14.4. The predicted octanol–water partition coefficient (Wildman–Crippen LogP) is 3.80. The molecule has 0 unspecified atom stereocenters. The molecule has 0 bridgehead atoms. The van der Waals surface area contributed by atoms with Crippen LogP contribution in [0.2, 0.25) is 0 Å². The molecule has 3 heteroatoms. The molecule has 1 aliphatic heterocycles. The highest BCUT2D eigenvalue weighted by Gasteiger charge is 2.19. The number of fused-ring (bicyclic) bond motifs is 2. The average Bonchev–Trinajstić information content (AvgIpc) is 3.12. The number of furan rings is 1. The van der Waals surface area contributed by atoms with Crippen LogP contribution < -0.4 is 10.5 Å². The van der Waals surface area contributed by atoms with Gasteiger partial charge in [0.05, 0.1) is 6.61 Å². The van der Waals surface area contributed by atoms with Crippen LogP contribution in [0, 0.1) is 6.92 Å². The molecule has 2 aromatic carbocycles. The van der Waals surface area contributed by atoms with Crippen molar-refractivity contribution < 1.29 is 9.15 Å². The van der Waals surface area contributed by atoms with E-state index in [2.05, 4.69) is 43.3 Å². The van der Waals surface area contributed by atoms with E-state index in [1.807, 2.05) is 0 Å². The number of hydrogen-bond acceptors (Lipinski definition) is 3. The van der Waals surface area contributed by atoms with Crippen molar-refractivity contribution in [3.05, 3.63) is 53.1 Å². The van der Waals surface area contributed by atoms with Crippen molar-refractivity contribution in [2.24, 2.45) is 5.73 Å². The summed E-state index contributed by atoms with van der Waals surface area (Å²) >= 11 is 0. The molecule has 3 nitrogen and oxygen atoms in total. The largest absolute Gasteiger partial charge is 0.493 e. The molecule has 0 saturated heterocycles. The third-order valence-electron chi connectivity index (χ3n) is 4.11. The fourth-order valence-corrected chi connectivity index (χ4v) is 3.03. The van der Waals surface area contributed by atoms with Crippen molar-refractivity contribution in [3.8, 4) is 17.1 Å². The van der Waals surface area contributed by atoms with E-state index < -0.39 is 0 Å². The van der Waals surface area contributed by atoms with Crippen LogP contribution in [0.3, 0.4) is 0 Å². The molecule has 0 amide bonds. The Morgan fingerprint density at radius 1 is 1.19 bits per heavy atom. The fraction of sp³-hybridized carbons (Fsp3) is 0.222. The summed E-state index contributed by atoms with van der Waals surface area (Å²) in [5, 5.41) is 1.14. The lowest BCUT2D eigenvalue weighted by atomic mass is 10.0. The molecule has 0 radical (unpaired) electrons. The molecule has 2 heterocycles. The van der Waals surface area contributed by atoms with E-state index in [9.17, 15) is 0 Å². The number of ether oxygens (including phenoxy) is 1. The van der Waals surface area contributed by atoms with E-state index in [0.29, 0.717) is 6.54 Å². The molecule has 0 spiro atoms. The van der Waals surface area contributed by atoms with Gasteiger partial charge in [0.2, 0.25) is 0 Å². The smallest absolute Gasteiger partial charge is 0.137 e. The van der Waals surface area contributed by atoms with Crippen molar-refractivity contribution >= 4 is 11.0 Å². The highest BCUT2D eigenvalue weighted by Crippen LogP contribution is 2.36. The first-order chi connectivity index (χ1) is 10.3. The van der Waals surface area contributed by atoms with E-state index >= 15 is 0 Å². The summed E-state index contributed by atoms with van der Waals surface area (Å²) in [7, 11) is 0. The maximum absolute atomic E-state index is 6.06. The lowest BCUT2D eigenvalue weighted by Gasteiger charge is -2.08. The maximum Gasteiger partial charge on any atom is 0.137 e. The van der Waals surface area contributed by atoms with Crippen LogP contribution in [0.15, 0.2) is 40.8 Å². The lowest BCUT2D eigenvalue weighted by molar-refractivity contribution is 0.353. The van der Waals surface area contributed by atoms with Gasteiger partial charge in [0, 0.05) is 29.5 Å². The Hall–Kier alpha value is -2.26. The van der Waals surface area contributed by atoms with Crippen LogP contribution in [0.25, 0.3) is 22.3 Å². The van der Waals surface area contributed by atoms with Gasteiger partial charge in [0.25, 0.3) is 0 Å². The summed E-state index contributed by atoms with van der Waals surface area (Å²) in [5.74, 6) is 1.86. The summed E-state index contributed by atoms with van der Waals surface area (Å²) in [6, 6.07) is 12.5. The Bertz CT molecular complexity index is 833. The SMILES string of the molecule is Cc1cccc2cc(-c3cc(CN)c4c(c3)CCO4)oc12. The summed E-state index contributed by atoms with van der Waals surface area (Å²) in [6.07, 6.45) is 0.940. The summed E-state index contributed by atoms with van der Waals surface area (Å²) in [5.41, 5.74) is 11.3. The average molecular weight is 279 g/mol. The minimum Gasteiger partial charge on any atom is -0.493 e. The lowest BCUT2D eigenvalue weighted by Crippen LogP contribution is -1.99. The quantitative estimate of drug-likeness (QED) is 0.776. The second kappa shape index (κ2) is 4.64. The van der Waals surface area contributed by atoms with E-state index in [-0.39, 0.29) is 0 Å². The van der Waals surface area contributed by atoms with Crippen LogP contribution in [0.5, 0.6) is 5.75 Å². The Kier molecular flexibility index (Phi) is 2.76. The predicted molar refractivity (Wildman–Crippen MR) is 83.5 cm³/mol.